The average Bonchev–Trinajstić information content (AvgIpc) is 2.82. The van der Waals surface area contributed by atoms with Gasteiger partial charge in [-0.15, -0.1) is 0 Å². The number of para-hydroxylation sites is 1. The average molecular weight is 492 g/mol. The van der Waals surface area contributed by atoms with Crippen LogP contribution in [0.2, 0.25) is 0 Å². The normalized spacial score (nSPS) is 26.6. The van der Waals surface area contributed by atoms with Crippen LogP contribution in [0.4, 0.5) is 4.79 Å². The fourth-order valence-electron chi connectivity index (χ4n) is 6.81. The maximum absolute atomic E-state index is 12.7. The molecule has 0 unspecified atom stereocenters. The zero-order valence-electron chi connectivity index (χ0n) is 20.3. The van der Waals surface area contributed by atoms with Gasteiger partial charge in [-0.3, -0.25) is 9.59 Å². The topological polar surface area (TPSA) is 120 Å². The van der Waals surface area contributed by atoms with Crippen molar-refractivity contribution >= 4 is 17.9 Å². The van der Waals surface area contributed by atoms with E-state index in [2.05, 4.69) is 10.6 Å². The van der Waals surface area contributed by atoms with Gasteiger partial charge >= 0.3 is 12.0 Å². The monoisotopic (exact) mass is 491 g/mol. The van der Waals surface area contributed by atoms with Crippen molar-refractivity contribution in [2.75, 3.05) is 6.61 Å². The van der Waals surface area contributed by atoms with Crippen molar-refractivity contribution in [1.29, 1.82) is 0 Å². The zero-order chi connectivity index (χ0) is 25.1. The van der Waals surface area contributed by atoms with Gasteiger partial charge < -0.3 is 25.8 Å². The highest BCUT2D eigenvalue weighted by molar-refractivity contribution is 5.81. The Hall–Kier alpha value is -3.55. The zero-order valence-corrected chi connectivity index (χ0v) is 20.3. The molecule has 4 saturated carbocycles. The van der Waals surface area contributed by atoms with Gasteiger partial charge in [0.1, 0.15) is 11.5 Å². The van der Waals surface area contributed by atoms with Gasteiger partial charge in [0.25, 0.3) is 5.91 Å². The number of primary amides is 1. The van der Waals surface area contributed by atoms with Crippen LogP contribution >= 0.6 is 0 Å². The first kappa shape index (κ1) is 24.2. The van der Waals surface area contributed by atoms with Crippen LogP contribution in [0.3, 0.4) is 0 Å². The van der Waals surface area contributed by atoms with E-state index in [1.54, 1.807) is 24.3 Å². The van der Waals surface area contributed by atoms with E-state index >= 15 is 0 Å². The smallest absolute Gasteiger partial charge is 0.312 e. The molecule has 1 atom stereocenters. The van der Waals surface area contributed by atoms with Gasteiger partial charge in [0, 0.05) is 5.54 Å². The molecule has 6 rings (SSSR count). The maximum atomic E-state index is 12.7. The highest BCUT2D eigenvalue weighted by Gasteiger charge is 2.51. The van der Waals surface area contributed by atoms with Crippen LogP contribution in [0.1, 0.15) is 56.6 Å². The Kier molecular flexibility index (Phi) is 6.85. The number of nitrogens with one attached hydrogen (secondary N) is 2. The predicted molar refractivity (Wildman–Crippen MR) is 133 cm³/mol. The molecule has 36 heavy (non-hydrogen) atoms. The van der Waals surface area contributed by atoms with Crippen LogP contribution in [0.15, 0.2) is 54.6 Å². The molecule has 2 aromatic carbocycles. The minimum Gasteiger partial charge on any atom is -0.457 e. The van der Waals surface area contributed by atoms with Gasteiger partial charge in [0.15, 0.2) is 6.61 Å². The van der Waals surface area contributed by atoms with Crippen molar-refractivity contribution in [2.24, 2.45) is 23.5 Å². The van der Waals surface area contributed by atoms with Gasteiger partial charge in [0.05, 0.1) is 12.5 Å². The van der Waals surface area contributed by atoms with Crippen molar-refractivity contribution in [2.45, 2.75) is 56.5 Å². The predicted octanol–water partition coefficient (Wildman–Crippen LogP) is 4.21. The number of esters is 1. The minimum absolute atomic E-state index is 0.131. The van der Waals surface area contributed by atoms with Gasteiger partial charge in [-0.2, -0.15) is 0 Å². The number of rotatable bonds is 9. The summed E-state index contributed by atoms with van der Waals surface area (Å²) in [6.45, 7) is -0.332. The number of hydrogen-bond donors (Lipinski definition) is 3. The summed E-state index contributed by atoms with van der Waals surface area (Å²) in [6.07, 6.45) is 6.80. The quantitative estimate of drug-likeness (QED) is 0.454. The van der Waals surface area contributed by atoms with E-state index in [0.717, 1.165) is 19.3 Å². The van der Waals surface area contributed by atoms with Gasteiger partial charge in [0.2, 0.25) is 0 Å². The highest BCUT2D eigenvalue weighted by Crippen LogP contribution is 2.55. The number of nitrogens with two attached hydrogens (primary N) is 1. The summed E-state index contributed by atoms with van der Waals surface area (Å²) < 4.78 is 11.2. The third-order valence-electron chi connectivity index (χ3n) is 7.73. The number of amides is 3. The summed E-state index contributed by atoms with van der Waals surface area (Å²) >= 11 is 0. The van der Waals surface area contributed by atoms with E-state index in [4.69, 9.17) is 15.2 Å². The maximum Gasteiger partial charge on any atom is 0.312 e. The SMILES string of the molecule is NC(=O)N[C@H](CC(=O)OCC(=O)NC12CC3CC(CC(C3)C1)C2)c1cccc(Oc2ccccc2)c1. The Morgan fingerprint density at radius 3 is 2.19 bits per heavy atom. The Labute approximate surface area is 210 Å². The summed E-state index contributed by atoms with van der Waals surface area (Å²) in [4.78, 5) is 36.9. The van der Waals surface area contributed by atoms with E-state index in [-0.39, 0.29) is 24.5 Å². The molecule has 3 amide bonds. The molecule has 8 nitrogen and oxygen atoms in total. The molecule has 8 heteroatoms. The number of benzene rings is 2. The van der Waals surface area contributed by atoms with Crippen molar-refractivity contribution in [3.63, 3.8) is 0 Å². The van der Waals surface area contributed by atoms with Crippen LogP contribution in [0.5, 0.6) is 11.5 Å². The summed E-state index contributed by atoms with van der Waals surface area (Å²) in [5.41, 5.74) is 5.86. The fraction of sp³-hybridized carbons (Fsp3) is 0.464. The van der Waals surface area contributed by atoms with Crippen molar-refractivity contribution in [3.8, 4) is 11.5 Å². The molecule has 2 aromatic rings. The standard InChI is InChI=1S/C28H33N3O5/c29-27(34)30-24(21-5-4-8-23(12-21)36-22-6-2-1-3-7-22)13-26(33)35-17-25(32)31-28-14-18-9-19(15-28)11-20(10-18)16-28/h1-8,12,18-20,24H,9-11,13-17H2,(H,31,32)(H3,29,30,34)/t18?,19?,20?,24-,28?/m1/s1. The Balaban J connectivity index is 1.17. The lowest BCUT2D eigenvalue weighted by atomic mass is 9.53. The van der Waals surface area contributed by atoms with Crippen molar-refractivity contribution in [3.05, 3.63) is 60.2 Å². The fourth-order valence-corrected chi connectivity index (χ4v) is 6.81. The molecule has 0 saturated heterocycles. The molecule has 0 aliphatic heterocycles. The highest BCUT2D eigenvalue weighted by atomic mass is 16.5. The van der Waals surface area contributed by atoms with Crippen molar-refractivity contribution < 1.29 is 23.9 Å². The van der Waals surface area contributed by atoms with E-state index in [0.29, 0.717) is 34.8 Å². The third-order valence-corrected chi connectivity index (χ3v) is 7.73. The molecule has 4 aliphatic rings. The molecule has 0 spiro atoms. The Bertz CT molecular complexity index is 1080. The molecule has 190 valence electrons. The molecule has 4 bridgehead atoms. The largest absolute Gasteiger partial charge is 0.457 e. The number of carbonyl (C=O) groups is 3. The first-order chi connectivity index (χ1) is 17.4. The van der Waals surface area contributed by atoms with Crippen LogP contribution in [0, 0.1) is 17.8 Å². The van der Waals surface area contributed by atoms with Crippen LogP contribution in [-0.4, -0.2) is 30.1 Å². The number of urea groups is 1. The van der Waals surface area contributed by atoms with Crippen molar-refractivity contribution in [1.82, 2.24) is 10.6 Å². The van der Waals surface area contributed by atoms with Gasteiger partial charge in [-0.1, -0.05) is 30.3 Å². The van der Waals surface area contributed by atoms with E-state index in [1.807, 2.05) is 30.3 Å². The molecule has 0 aromatic heterocycles. The molecule has 4 fully saturated rings. The molecule has 4 N–H and O–H groups in total. The first-order valence-corrected chi connectivity index (χ1v) is 12.7. The first-order valence-electron chi connectivity index (χ1n) is 12.7. The molecular formula is C28H33N3O5. The minimum atomic E-state index is -0.762. The van der Waals surface area contributed by atoms with Gasteiger partial charge in [-0.25, -0.2) is 4.79 Å². The molecule has 0 radical (unpaired) electrons. The van der Waals surface area contributed by atoms with E-state index < -0.39 is 18.0 Å². The summed E-state index contributed by atoms with van der Waals surface area (Å²) in [5.74, 6) is 2.49. The van der Waals surface area contributed by atoms with E-state index in [1.165, 1.54) is 19.3 Å². The lowest BCUT2D eigenvalue weighted by Gasteiger charge is -2.56. The Morgan fingerprint density at radius 1 is 0.917 bits per heavy atom. The van der Waals surface area contributed by atoms with E-state index in [9.17, 15) is 14.4 Å². The second-order valence-corrected chi connectivity index (χ2v) is 10.7. The third kappa shape index (κ3) is 5.80. The second kappa shape index (κ2) is 10.2. The summed E-state index contributed by atoms with van der Waals surface area (Å²) in [7, 11) is 0. The van der Waals surface area contributed by atoms with Crippen LogP contribution < -0.4 is 21.1 Å². The number of hydrogen-bond acceptors (Lipinski definition) is 5. The van der Waals surface area contributed by atoms with Crippen LogP contribution in [-0.2, 0) is 14.3 Å². The summed E-state index contributed by atoms with van der Waals surface area (Å²) in [6, 6.07) is 14.9. The number of carbonyl (C=O) groups excluding carboxylic acids is 3. The summed E-state index contributed by atoms with van der Waals surface area (Å²) in [5, 5.41) is 5.80. The number of ether oxygens (including phenoxy) is 2. The molecule has 0 heterocycles. The lowest BCUT2D eigenvalue weighted by molar-refractivity contribution is -0.150. The van der Waals surface area contributed by atoms with Gasteiger partial charge in [-0.05, 0) is 86.1 Å². The van der Waals surface area contributed by atoms with Crippen LogP contribution in [0.25, 0.3) is 0 Å². The molecule has 4 aliphatic carbocycles. The molecular weight excluding hydrogens is 458 g/mol. The Morgan fingerprint density at radius 2 is 1.56 bits per heavy atom. The second-order valence-electron chi connectivity index (χ2n) is 10.7. The lowest BCUT2D eigenvalue weighted by Crippen LogP contribution is -2.60.